The zero-order valence-corrected chi connectivity index (χ0v) is 12.0. The maximum atomic E-state index is 12.3. The summed E-state index contributed by atoms with van der Waals surface area (Å²) >= 11 is 0. The van der Waals surface area contributed by atoms with Crippen LogP contribution in [0.5, 0.6) is 0 Å². The third-order valence-electron chi connectivity index (χ3n) is 3.70. The summed E-state index contributed by atoms with van der Waals surface area (Å²) < 4.78 is 41.9. The number of amides is 1. The molecule has 5 nitrogen and oxygen atoms in total. The predicted octanol–water partition coefficient (Wildman–Crippen LogP) is 1.70. The Morgan fingerprint density at radius 1 is 1.45 bits per heavy atom. The zero-order valence-electron chi connectivity index (χ0n) is 12.0. The van der Waals surface area contributed by atoms with Gasteiger partial charge in [-0.25, -0.2) is 0 Å². The van der Waals surface area contributed by atoms with E-state index in [2.05, 4.69) is 5.32 Å². The lowest BCUT2D eigenvalue weighted by molar-refractivity contribution is -0.149. The Balaban J connectivity index is 1.71. The van der Waals surface area contributed by atoms with E-state index in [1.807, 2.05) is 0 Å². The van der Waals surface area contributed by atoms with Crippen molar-refractivity contribution in [3.05, 3.63) is 24.2 Å². The van der Waals surface area contributed by atoms with Gasteiger partial charge in [0.1, 0.15) is 11.9 Å². The number of hydrogen-bond donors (Lipinski definition) is 2. The highest BCUT2D eigenvalue weighted by atomic mass is 19.4. The van der Waals surface area contributed by atoms with E-state index >= 15 is 0 Å². The summed E-state index contributed by atoms with van der Waals surface area (Å²) in [6.45, 7) is -0.412. The Bertz CT molecular complexity index is 468. The molecule has 1 atom stereocenters. The van der Waals surface area contributed by atoms with Crippen molar-refractivity contribution in [2.45, 2.75) is 25.1 Å². The van der Waals surface area contributed by atoms with E-state index in [9.17, 15) is 23.1 Å². The molecule has 124 valence electrons. The Hall–Kier alpha value is -1.54. The largest absolute Gasteiger partial charge is 0.467 e. The van der Waals surface area contributed by atoms with E-state index in [0.717, 1.165) is 0 Å². The number of halogens is 3. The minimum atomic E-state index is -4.21. The summed E-state index contributed by atoms with van der Waals surface area (Å²) in [5.41, 5.74) is 0. The average molecular weight is 320 g/mol. The number of nitrogens with zero attached hydrogens (tertiary/aromatic N) is 1. The zero-order chi connectivity index (χ0) is 16.2. The van der Waals surface area contributed by atoms with Gasteiger partial charge in [-0.15, -0.1) is 0 Å². The lowest BCUT2D eigenvalue weighted by atomic mass is 9.96. The topological polar surface area (TPSA) is 65.7 Å². The van der Waals surface area contributed by atoms with Crippen molar-refractivity contribution in [1.82, 2.24) is 10.2 Å². The predicted molar refractivity (Wildman–Crippen MR) is 71.9 cm³/mol. The number of rotatable bonds is 5. The van der Waals surface area contributed by atoms with Crippen LogP contribution in [0.3, 0.4) is 0 Å². The number of carbonyl (C=O) groups excluding carboxylic acids is 1. The second kappa shape index (κ2) is 7.15. The number of likely N-dealkylation sites (tertiary alicyclic amines) is 1. The molecule has 1 saturated heterocycles. The van der Waals surface area contributed by atoms with Crippen LogP contribution in [0.1, 0.15) is 24.7 Å². The lowest BCUT2D eigenvalue weighted by Crippen LogP contribution is -2.44. The quantitative estimate of drug-likeness (QED) is 0.867. The summed E-state index contributed by atoms with van der Waals surface area (Å²) in [7, 11) is 0. The molecule has 0 aliphatic carbocycles. The first kappa shape index (κ1) is 16.8. The van der Waals surface area contributed by atoms with Crippen molar-refractivity contribution >= 4 is 5.91 Å². The standard InChI is InChI=1S/C14H19F3N2O3/c15-14(16,17)9-19-5-3-10(4-6-19)13(21)18-8-11(20)12-2-1-7-22-12/h1-2,7,10-11,20H,3-6,8-9H2,(H,18,21). The summed E-state index contributed by atoms with van der Waals surface area (Å²) in [4.78, 5) is 13.3. The molecule has 1 fully saturated rings. The van der Waals surface area contributed by atoms with Gasteiger partial charge in [-0.1, -0.05) is 0 Å². The maximum Gasteiger partial charge on any atom is 0.401 e. The van der Waals surface area contributed by atoms with Gasteiger partial charge in [0.05, 0.1) is 19.4 Å². The highest BCUT2D eigenvalue weighted by Crippen LogP contribution is 2.22. The molecule has 1 amide bonds. The summed E-state index contributed by atoms with van der Waals surface area (Å²) in [5, 5.41) is 12.4. The monoisotopic (exact) mass is 320 g/mol. The third-order valence-corrected chi connectivity index (χ3v) is 3.70. The summed E-state index contributed by atoms with van der Waals surface area (Å²) in [6.07, 6.45) is -2.93. The van der Waals surface area contributed by atoms with Crippen LogP contribution in [-0.4, -0.2) is 48.3 Å². The van der Waals surface area contributed by atoms with Crippen molar-refractivity contribution in [2.24, 2.45) is 5.92 Å². The van der Waals surface area contributed by atoms with Gasteiger partial charge < -0.3 is 14.8 Å². The maximum absolute atomic E-state index is 12.3. The number of aliphatic hydroxyl groups excluding tert-OH is 1. The molecule has 0 aromatic carbocycles. The molecule has 2 N–H and O–H groups in total. The van der Waals surface area contributed by atoms with Crippen LogP contribution in [0.4, 0.5) is 13.2 Å². The molecule has 0 radical (unpaired) electrons. The van der Waals surface area contributed by atoms with Gasteiger partial charge in [-0.2, -0.15) is 13.2 Å². The fraction of sp³-hybridized carbons (Fsp3) is 0.643. The van der Waals surface area contributed by atoms with Gasteiger partial charge in [0.25, 0.3) is 0 Å². The fourth-order valence-electron chi connectivity index (χ4n) is 2.53. The molecule has 1 aromatic rings. The molecule has 1 aliphatic heterocycles. The Labute approximate surface area is 126 Å². The molecule has 22 heavy (non-hydrogen) atoms. The van der Waals surface area contributed by atoms with Crippen LogP contribution in [0.2, 0.25) is 0 Å². The molecule has 8 heteroatoms. The second-order valence-corrected chi connectivity index (χ2v) is 5.44. The minimum absolute atomic E-state index is 0.0229. The second-order valence-electron chi connectivity index (χ2n) is 5.44. The number of nitrogens with one attached hydrogen (secondary N) is 1. The molecule has 0 saturated carbocycles. The molecular formula is C14H19F3N2O3. The number of alkyl halides is 3. The van der Waals surface area contributed by atoms with Gasteiger partial charge in [-0.3, -0.25) is 9.69 Å². The van der Waals surface area contributed by atoms with Gasteiger partial charge >= 0.3 is 6.18 Å². The molecular weight excluding hydrogens is 301 g/mol. The first-order chi connectivity index (χ1) is 10.3. The van der Waals surface area contributed by atoms with Crippen molar-refractivity contribution < 1.29 is 27.5 Å². The van der Waals surface area contributed by atoms with Crippen molar-refractivity contribution in [3.63, 3.8) is 0 Å². The summed E-state index contributed by atoms with van der Waals surface area (Å²) in [5.74, 6) is -0.189. The Morgan fingerprint density at radius 3 is 2.68 bits per heavy atom. The molecule has 2 heterocycles. The average Bonchev–Trinajstić information content (AvgIpc) is 2.97. The SMILES string of the molecule is O=C(NCC(O)c1ccco1)C1CCN(CC(F)(F)F)CC1. The Morgan fingerprint density at radius 2 is 2.14 bits per heavy atom. The van der Waals surface area contributed by atoms with E-state index in [0.29, 0.717) is 18.6 Å². The van der Waals surface area contributed by atoms with E-state index in [1.54, 1.807) is 12.1 Å². The fourth-order valence-corrected chi connectivity index (χ4v) is 2.53. The van der Waals surface area contributed by atoms with Crippen LogP contribution >= 0.6 is 0 Å². The molecule has 1 aromatic heterocycles. The number of carbonyl (C=O) groups is 1. The highest BCUT2D eigenvalue weighted by Gasteiger charge is 2.33. The van der Waals surface area contributed by atoms with Crippen molar-refractivity contribution in [2.75, 3.05) is 26.2 Å². The van der Waals surface area contributed by atoms with Gasteiger partial charge in [-0.05, 0) is 38.1 Å². The van der Waals surface area contributed by atoms with Crippen LogP contribution in [-0.2, 0) is 4.79 Å². The van der Waals surface area contributed by atoms with Gasteiger partial charge in [0.2, 0.25) is 5.91 Å². The molecule has 2 rings (SSSR count). The van der Waals surface area contributed by atoms with Crippen molar-refractivity contribution in [3.8, 4) is 0 Å². The number of furan rings is 1. The minimum Gasteiger partial charge on any atom is -0.467 e. The van der Waals surface area contributed by atoms with E-state index in [-0.39, 0.29) is 31.5 Å². The molecule has 1 unspecified atom stereocenters. The number of hydrogen-bond acceptors (Lipinski definition) is 4. The van der Waals surface area contributed by atoms with Crippen LogP contribution in [0.25, 0.3) is 0 Å². The van der Waals surface area contributed by atoms with Gasteiger partial charge in [0, 0.05) is 5.92 Å². The summed E-state index contributed by atoms with van der Waals surface area (Å²) in [6, 6.07) is 3.24. The molecule has 0 spiro atoms. The number of aliphatic hydroxyl groups is 1. The van der Waals surface area contributed by atoms with Crippen LogP contribution in [0.15, 0.2) is 22.8 Å². The van der Waals surface area contributed by atoms with Crippen molar-refractivity contribution in [1.29, 1.82) is 0 Å². The van der Waals surface area contributed by atoms with E-state index in [1.165, 1.54) is 11.2 Å². The smallest absolute Gasteiger partial charge is 0.401 e. The first-order valence-corrected chi connectivity index (χ1v) is 7.13. The third kappa shape index (κ3) is 5.03. The molecule has 0 bridgehead atoms. The highest BCUT2D eigenvalue weighted by molar-refractivity contribution is 5.78. The van der Waals surface area contributed by atoms with Crippen LogP contribution < -0.4 is 5.32 Å². The van der Waals surface area contributed by atoms with E-state index < -0.39 is 18.8 Å². The number of piperidine rings is 1. The molecule has 1 aliphatic rings. The van der Waals surface area contributed by atoms with E-state index in [4.69, 9.17) is 4.42 Å². The Kier molecular flexibility index (Phi) is 5.47. The normalized spacial score (nSPS) is 19.1. The van der Waals surface area contributed by atoms with Crippen LogP contribution in [0, 0.1) is 5.92 Å². The first-order valence-electron chi connectivity index (χ1n) is 7.13. The lowest BCUT2D eigenvalue weighted by Gasteiger charge is -2.31. The van der Waals surface area contributed by atoms with Gasteiger partial charge in [0.15, 0.2) is 0 Å².